The van der Waals surface area contributed by atoms with Crippen molar-refractivity contribution in [2.45, 2.75) is 18.8 Å². The molecule has 130 valence electrons. The van der Waals surface area contributed by atoms with Gasteiger partial charge in [-0.05, 0) is 42.3 Å². The van der Waals surface area contributed by atoms with Gasteiger partial charge in [0.05, 0.1) is 25.4 Å². The van der Waals surface area contributed by atoms with Crippen LogP contribution in [0.25, 0.3) is 0 Å². The van der Waals surface area contributed by atoms with Crippen LogP contribution >= 0.6 is 39.1 Å². The van der Waals surface area contributed by atoms with Crippen LogP contribution in [0.3, 0.4) is 0 Å². The van der Waals surface area contributed by atoms with E-state index in [4.69, 9.17) is 32.7 Å². The average molecular weight is 443 g/mol. The Morgan fingerprint density at radius 2 is 1.88 bits per heavy atom. The van der Waals surface area contributed by atoms with Gasteiger partial charge in [-0.2, -0.15) is 0 Å². The molecule has 2 aliphatic rings. The lowest BCUT2D eigenvalue weighted by atomic mass is 10.1. The number of benzene rings is 2. The number of nitrogens with zero attached hydrogens (tertiary/aromatic N) is 1. The molecule has 0 aromatic heterocycles. The van der Waals surface area contributed by atoms with Crippen molar-refractivity contribution in [3.63, 3.8) is 0 Å². The zero-order valence-corrected chi connectivity index (χ0v) is 16.2. The topological polar surface area (TPSA) is 38.8 Å². The summed E-state index contributed by atoms with van der Waals surface area (Å²) in [5.41, 5.74) is 2.29. The molecular formula is C18H14BrCl2NO3. The second kappa shape index (κ2) is 6.56. The third-order valence-corrected chi connectivity index (χ3v) is 5.45. The highest BCUT2D eigenvalue weighted by molar-refractivity contribution is 9.10. The van der Waals surface area contributed by atoms with Crippen molar-refractivity contribution in [3.8, 4) is 0 Å². The Kier molecular flexibility index (Phi) is 4.54. The van der Waals surface area contributed by atoms with Crippen LogP contribution in [0.4, 0.5) is 5.69 Å². The van der Waals surface area contributed by atoms with Crippen LogP contribution in [0, 0.1) is 0 Å². The number of fused-ring (bicyclic) bond motifs is 2. The summed E-state index contributed by atoms with van der Waals surface area (Å²) >= 11 is 15.7. The molecule has 2 aromatic carbocycles. The quantitative estimate of drug-likeness (QED) is 0.664. The van der Waals surface area contributed by atoms with E-state index in [0.29, 0.717) is 29.8 Å². The molecule has 7 heteroatoms. The van der Waals surface area contributed by atoms with Crippen molar-refractivity contribution in [2.75, 3.05) is 18.1 Å². The molecule has 1 saturated heterocycles. The second-order valence-electron chi connectivity index (χ2n) is 5.96. The lowest BCUT2D eigenvalue weighted by molar-refractivity contribution is -0.256. The number of carbonyl (C=O) groups is 1. The van der Waals surface area contributed by atoms with Crippen LogP contribution in [0.1, 0.15) is 17.5 Å². The number of halogens is 3. The molecule has 2 aromatic rings. The van der Waals surface area contributed by atoms with Gasteiger partial charge in [0.15, 0.2) is 0 Å². The van der Waals surface area contributed by atoms with E-state index in [-0.39, 0.29) is 5.91 Å². The van der Waals surface area contributed by atoms with Gasteiger partial charge in [-0.3, -0.25) is 4.79 Å². The molecular weight excluding hydrogens is 429 g/mol. The van der Waals surface area contributed by atoms with Gasteiger partial charge >= 0.3 is 0 Å². The highest BCUT2D eigenvalue weighted by Gasteiger charge is 2.54. The van der Waals surface area contributed by atoms with Gasteiger partial charge < -0.3 is 14.4 Å². The summed E-state index contributed by atoms with van der Waals surface area (Å²) < 4.78 is 12.6. The molecule has 0 atom stereocenters. The van der Waals surface area contributed by atoms with Gasteiger partial charge in [0.1, 0.15) is 0 Å². The number of ether oxygens (including phenoxy) is 2. The fraction of sp³-hybridized carbons (Fsp3) is 0.278. The minimum absolute atomic E-state index is 0.230. The maximum absolute atomic E-state index is 13.2. The summed E-state index contributed by atoms with van der Waals surface area (Å²) in [7, 11) is 0. The monoisotopic (exact) mass is 441 g/mol. The highest BCUT2D eigenvalue weighted by Crippen LogP contribution is 2.47. The van der Waals surface area contributed by atoms with E-state index < -0.39 is 5.79 Å². The van der Waals surface area contributed by atoms with E-state index in [1.807, 2.05) is 24.3 Å². The summed E-state index contributed by atoms with van der Waals surface area (Å²) in [6, 6.07) is 10.9. The first kappa shape index (κ1) is 17.3. The van der Waals surface area contributed by atoms with Gasteiger partial charge in [0.25, 0.3) is 11.7 Å². The second-order valence-corrected chi connectivity index (χ2v) is 7.71. The van der Waals surface area contributed by atoms with Gasteiger partial charge in [-0.25, -0.2) is 0 Å². The van der Waals surface area contributed by atoms with Crippen molar-refractivity contribution in [1.29, 1.82) is 0 Å². The maximum atomic E-state index is 13.2. The van der Waals surface area contributed by atoms with Gasteiger partial charge in [-0.1, -0.05) is 45.2 Å². The minimum atomic E-state index is -1.36. The number of amides is 1. The predicted molar refractivity (Wildman–Crippen MR) is 100.0 cm³/mol. The molecule has 1 amide bonds. The van der Waals surface area contributed by atoms with Crippen molar-refractivity contribution in [2.24, 2.45) is 0 Å². The molecule has 0 saturated carbocycles. The number of carbonyl (C=O) groups excluding carboxylic acids is 1. The van der Waals surface area contributed by atoms with E-state index in [1.54, 1.807) is 17.0 Å². The van der Waals surface area contributed by atoms with Crippen LogP contribution in [-0.2, 0) is 26.6 Å². The molecule has 4 rings (SSSR count). The largest absolute Gasteiger partial charge is 0.338 e. The Hall–Kier alpha value is -1.11. The molecule has 2 heterocycles. The fourth-order valence-corrected chi connectivity index (χ4v) is 4.03. The maximum Gasteiger partial charge on any atom is 0.292 e. The van der Waals surface area contributed by atoms with Crippen LogP contribution in [0.15, 0.2) is 40.9 Å². The molecule has 0 bridgehead atoms. The van der Waals surface area contributed by atoms with Crippen LogP contribution in [0.5, 0.6) is 0 Å². The Morgan fingerprint density at radius 1 is 1.12 bits per heavy atom. The summed E-state index contributed by atoms with van der Waals surface area (Å²) in [6.07, 6.45) is 0.765. The Morgan fingerprint density at radius 3 is 2.60 bits per heavy atom. The standard InChI is InChI=1S/C18H14BrCl2NO3/c19-12-3-5-16-14(8-12)18(24-6-1-7-25-18)17(23)22(16)10-11-2-4-13(20)9-15(11)21/h2-5,8-9H,1,6-7,10H2. The normalized spacial score (nSPS) is 18.7. The molecule has 0 unspecified atom stereocenters. The third kappa shape index (κ3) is 2.88. The SMILES string of the molecule is O=C1N(Cc2ccc(Cl)cc2Cl)c2ccc(Br)cc2C12OCCCO2. The zero-order chi connectivity index (χ0) is 17.6. The minimum Gasteiger partial charge on any atom is -0.338 e. The molecule has 0 aliphatic carbocycles. The van der Waals surface area contributed by atoms with Gasteiger partial charge in [0, 0.05) is 20.1 Å². The number of hydrogen-bond donors (Lipinski definition) is 0. The molecule has 1 spiro atoms. The third-order valence-electron chi connectivity index (χ3n) is 4.37. The van der Waals surface area contributed by atoms with Gasteiger partial charge in [-0.15, -0.1) is 0 Å². The van der Waals surface area contributed by atoms with E-state index in [1.165, 1.54) is 0 Å². The molecule has 4 nitrogen and oxygen atoms in total. The first-order valence-electron chi connectivity index (χ1n) is 7.85. The van der Waals surface area contributed by atoms with Crippen molar-refractivity contribution >= 4 is 50.7 Å². The summed E-state index contributed by atoms with van der Waals surface area (Å²) in [4.78, 5) is 14.9. The first-order chi connectivity index (χ1) is 12.0. The Balaban J connectivity index is 1.77. The first-order valence-corrected chi connectivity index (χ1v) is 9.40. The van der Waals surface area contributed by atoms with Crippen molar-refractivity contribution < 1.29 is 14.3 Å². The van der Waals surface area contributed by atoms with Gasteiger partial charge in [0.2, 0.25) is 0 Å². The summed E-state index contributed by atoms with van der Waals surface area (Å²) in [5, 5.41) is 1.08. The molecule has 1 fully saturated rings. The van der Waals surface area contributed by atoms with E-state index >= 15 is 0 Å². The zero-order valence-electron chi connectivity index (χ0n) is 13.1. The molecule has 0 N–H and O–H groups in total. The summed E-state index contributed by atoms with van der Waals surface area (Å²) in [6.45, 7) is 1.28. The number of hydrogen-bond acceptors (Lipinski definition) is 3. The lowest BCUT2D eigenvalue weighted by Gasteiger charge is -2.32. The number of anilines is 1. The Bertz CT molecular complexity index is 852. The summed E-state index contributed by atoms with van der Waals surface area (Å²) in [5.74, 6) is -1.60. The van der Waals surface area contributed by atoms with Crippen molar-refractivity contribution in [3.05, 3.63) is 62.0 Å². The van der Waals surface area contributed by atoms with E-state index in [2.05, 4.69) is 15.9 Å². The highest BCUT2D eigenvalue weighted by atomic mass is 79.9. The predicted octanol–water partition coefficient (Wildman–Crippen LogP) is 4.89. The smallest absolute Gasteiger partial charge is 0.292 e. The molecule has 2 aliphatic heterocycles. The van der Waals surface area contributed by atoms with Crippen molar-refractivity contribution in [1.82, 2.24) is 0 Å². The average Bonchev–Trinajstić information content (AvgIpc) is 2.80. The van der Waals surface area contributed by atoms with E-state index in [9.17, 15) is 4.79 Å². The number of rotatable bonds is 2. The lowest BCUT2D eigenvalue weighted by Crippen LogP contribution is -2.47. The van der Waals surface area contributed by atoms with E-state index in [0.717, 1.165) is 27.7 Å². The Labute approximate surface area is 163 Å². The van der Waals surface area contributed by atoms with Crippen LogP contribution in [0.2, 0.25) is 10.0 Å². The molecule has 0 radical (unpaired) electrons. The van der Waals surface area contributed by atoms with Crippen LogP contribution < -0.4 is 4.90 Å². The van der Waals surface area contributed by atoms with Crippen LogP contribution in [-0.4, -0.2) is 19.1 Å². The fourth-order valence-electron chi connectivity index (χ4n) is 3.20. The molecule has 25 heavy (non-hydrogen) atoms.